The van der Waals surface area contributed by atoms with Gasteiger partial charge in [0, 0.05) is 42.2 Å². The molecule has 6 nitrogen and oxygen atoms in total. The molecule has 0 unspecified atom stereocenters. The number of hydrogen-bond acceptors (Lipinski definition) is 5. The molecule has 3 rings (SSSR count). The lowest BCUT2D eigenvalue weighted by Gasteiger charge is -2.42. The van der Waals surface area contributed by atoms with Gasteiger partial charge in [0.05, 0.1) is 18.3 Å². The Kier molecular flexibility index (Phi) is 4.21. The highest BCUT2D eigenvalue weighted by Gasteiger charge is 2.41. The smallest absolute Gasteiger partial charge is 0.133 e. The van der Waals surface area contributed by atoms with Gasteiger partial charge < -0.3 is 10.4 Å². The van der Waals surface area contributed by atoms with Gasteiger partial charge in [-0.15, -0.1) is 0 Å². The second-order valence-corrected chi connectivity index (χ2v) is 7.44. The minimum Gasteiger partial charge on any atom is -0.391 e. The summed E-state index contributed by atoms with van der Waals surface area (Å²) in [6.45, 7) is 9.01. The first kappa shape index (κ1) is 16.1. The van der Waals surface area contributed by atoms with Gasteiger partial charge in [-0.3, -0.25) is 4.68 Å². The van der Waals surface area contributed by atoms with Crippen molar-refractivity contribution in [2.75, 3.05) is 0 Å². The van der Waals surface area contributed by atoms with Gasteiger partial charge in [-0.05, 0) is 18.9 Å². The maximum absolute atomic E-state index is 10.0. The zero-order chi connectivity index (χ0) is 16.6. The van der Waals surface area contributed by atoms with Gasteiger partial charge in [0.15, 0.2) is 0 Å². The zero-order valence-corrected chi connectivity index (χ0v) is 14.2. The van der Waals surface area contributed by atoms with E-state index in [0.29, 0.717) is 6.54 Å². The summed E-state index contributed by atoms with van der Waals surface area (Å²) in [7, 11) is 0. The second kappa shape index (κ2) is 6.02. The zero-order valence-electron chi connectivity index (χ0n) is 14.2. The molecule has 3 atom stereocenters. The van der Waals surface area contributed by atoms with Gasteiger partial charge in [0.25, 0.3) is 0 Å². The molecule has 0 spiro atoms. The van der Waals surface area contributed by atoms with Gasteiger partial charge in [-0.25, -0.2) is 9.97 Å². The normalized spacial score (nSPS) is 24.5. The highest BCUT2D eigenvalue weighted by atomic mass is 16.3. The van der Waals surface area contributed by atoms with Crippen molar-refractivity contribution in [1.29, 1.82) is 0 Å². The van der Waals surface area contributed by atoms with Crippen molar-refractivity contribution in [3.05, 3.63) is 41.7 Å². The van der Waals surface area contributed by atoms with Crippen molar-refractivity contribution in [2.24, 2.45) is 0 Å². The van der Waals surface area contributed by atoms with Crippen molar-refractivity contribution >= 4 is 0 Å². The van der Waals surface area contributed by atoms with E-state index in [9.17, 15) is 5.11 Å². The molecule has 0 radical (unpaired) electrons. The highest BCUT2D eigenvalue weighted by molar-refractivity contribution is 5.11. The summed E-state index contributed by atoms with van der Waals surface area (Å²) in [6, 6.07) is 0.213. The van der Waals surface area contributed by atoms with Crippen LogP contribution in [0.3, 0.4) is 0 Å². The molecule has 0 aromatic carbocycles. The van der Waals surface area contributed by atoms with Crippen molar-refractivity contribution in [3.63, 3.8) is 0 Å². The molecule has 0 saturated heterocycles. The molecule has 6 heteroatoms. The van der Waals surface area contributed by atoms with Gasteiger partial charge in [-0.2, -0.15) is 5.10 Å². The van der Waals surface area contributed by atoms with Crippen LogP contribution in [0, 0.1) is 6.92 Å². The van der Waals surface area contributed by atoms with Gasteiger partial charge in [0.2, 0.25) is 0 Å². The Morgan fingerprint density at radius 1 is 1.26 bits per heavy atom. The molecule has 2 N–H and O–H groups in total. The molecule has 0 amide bonds. The minimum absolute atomic E-state index is 0.00142. The fraction of sp³-hybridized carbons (Fsp3) is 0.588. The Morgan fingerprint density at radius 2 is 1.96 bits per heavy atom. The number of nitrogens with zero attached hydrogens (tertiary/aromatic N) is 4. The molecule has 1 aliphatic carbocycles. The molecule has 2 aromatic rings. The van der Waals surface area contributed by atoms with Crippen LogP contribution in [0.25, 0.3) is 0 Å². The lowest BCUT2D eigenvalue weighted by atomic mass is 9.83. The number of aryl methyl sites for hydroxylation is 1. The number of aromatic nitrogens is 4. The minimum atomic E-state index is -0.341. The number of aliphatic hydroxyl groups is 1. The third-order valence-electron chi connectivity index (χ3n) is 4.28. The molecule has 1 saturated carbocycles. The van der Waals surface area contributed by atoms with Crippen LogP contribution in [0.2, 0.25) is 0 Å². The maximum Gasteiger partial charge on any atom is 0.133 e. The van der Waals surface area contributed by atoms with Crippen LogP contribution in [-0.2, 0) is 12.0 Å². The largest absolute Gasteiger partial charge is 0.391 e. The fourth-order valence-electron chi connectivity index (χ4n) is 2.85. The molecule has 23 heavy (non-hydrogen) atoms. The molecule has 2 aromatic heterocycles. The lowest BCUT2D eigenvalue weighted by Crippen LogP contribution is -2.54. The molecular formula is C17H25N5O. The molecule has 0 aliphatic heterocycles. The summed E-state index contributed by atoms with van der Waals surface area (Å²) in [5, 5.41) is 17.8. The molecule has 1 fully saturated rings. The Labute approximate surface area is 137 Å². The third-order valence-corrected chi connectivity index (χ3v) is 4.28. The molecule has 2 heterocycles. The van der Waals surface area contributed by atoms with Crippen LogP contribution in [0.5, 0.6) is 0 Å². The maximum atomic E-state index is 10.0. The Morgan fingerprint density at radius 3 is 2.48 bits per heavy atom. The van der Waals surface area contributed by atoms with Crippen molar-refractivity contribution < 1.29 is 5.11 Å². The molecule has 124 valence electrons. The van der Waals surface area contributed by atoms with Crippen molar-refractivity contribution in [2.45, 2.75) is 64.3 Å². The van der Waals surface area contributed by atoms with Crippen LogP contribution >= 0.6 is 0 Å². The van der Waals surface area contributed by atoms with Crippen molar-refractivity contribution in [1.82, 2.24) is 25.1 Å². The SMILES string of the molecule is Cc1cnn([C@H]2[C@H](O)C[C@@H]2NCc2cnc(C(C)(C)C)nc2)c1. The van der Waals surface area contributed by atoms with E-state index in [1.54, 1.807) is 0 Å². The van der Waals surface area contributed by atoms with E-state index in [4.69, 9.17) is 0 Å². The van der Waals surface area contributed by atoms with Crippen LogP contribution in [0.15, 0.2) is 24.8 Å². The van der Waals surface area contributed by atoms with E-state index in [1.807, 2.05) is 36.4 Å². The highest BCUT2D eigenvalue weighted by Crippen LogP contribution is 2.32. The van der Waals surface area contributed by atoms with Crippen LogP contribution in [-0.4, -0.2) is 37.0 Å². The molecule has 0 bridgehead atoms. The summed E-state index contributed by atoms with van der Waals surface area (Å²) in [5.41, 5.74) is 2.12. The monoisotopic (exact) mass is 315 g/mol. The first-order chi connectivity index (χ1) is 10.8. The number of aliphatic hydroxyl groups excluding tert-OH is 1. The van der Waals surface area contributed by atoms with Crippen LogP contribution in [0.1, 0.15) is 50.2 Å². The summed E-state index contributed by atoms with van der Waals surface area (Å²) < 4.78 is 1.86. The van der Waals surface area contributed by atoms with Crippen LogP contribution < -0.4 is 5.32 Å². The van der Waals surface area contributed by atoms with E-state index in [1.165, 1.54) is 0 Å². The summed E-state index contributed by atoms with van der Waals surface area (Å²) in [4.78, 5) is 8.90. The fourth-order valence-corrected chi connectivity index (χ4v) is 2.85. The quantitative estimate of drug-likeness (QED) is 0.899. The molecule has 1 aliphatic rings. The predicted octanol–water partition coefficient (Wildman–Crippen LogP) is 1.74. The number of hydrogen-bond donors (Lipinski definition) is 2. The third kappa shape index (κ3) is 3.43. The van der Waals surface area contributed by atoms with E-state index in [-0.39, 0.29) is 23.6 Å². The second-order valence-electron chi connectivity index (χ2n) is 7.44. The lowest BCUT2D eigenvalue weighted by molar-refractivity contribution is -0.00825. The van der Waals surface area contributed by atoms with E-state index in [2.05, 4.69) is 41.2 Å². The standard InChI is InChI=1S/C17H25N5O/c1-11-6-21-22(10-11)15-13(5-14(15)23)18-7-12-8-19-16(20-9-12)17(2,3)4/h6,8-10,13-15,18,23H,5,7H2,1-4H3/t13-,14+,15+/m0/s1. The van der Waals surface area contributed by atoms with E-state index in [0.717, 1.165) is 23.4 Å². The average molecular weight is 315 g/mol. The number of nitrogens with one attached hydrogen (secondary N) is 1. The van der Waals surface area contributed by atoms with Gasteiger partial charge in [-0.1, -0.05) is 20.8 Å². The average Bonchev–Trinajstić information content (AvgIpc) is 2.88. The van der Waals surface area contributed by atoms with E-state index < -0.39 is 0 Å². The first-order valence-corrected chi connectivity index (χ1v) is 8.08. The molecular weight excluding hydrogens is 290 g/mol. The van der Waals surface area contributed by atoms with Gasteiger partial charge >= 0.3 is 0 Å². The summed E-state index contributed by atoms with van der Waals surface area (Å²) in [6.07, 6.45) is 7.95. The topological polar surface area (TPSA) is 75.9 Å². The van der Waals surface area contributed by atoms with Gasteiger partial charge in [0.1, 0.15) is 5.82 Å². The predicted molar refractivity (Wildman–Crippen MR) is 88.0 cm³/mol. The summed E-state index contributed by atoms with van der Waals surface area (Å²) in [5.74, 6) is 0.852. The summed E-state index contributed by atoms with van der Waals surface area (Å²) >= 11 is 0. The Hall–Kier alpha value is -1.79. The van der Waals surface area contributed by atoms with Crippen molar-refractivity contribution in [3.8, 4) is 0 Å². The number of rotatable bonds is 4. The first-order valence-electron chi connectivity index (χ1n) is 8.08. The Bertz CT molecular complexity index is 658. The Balaban J connectivity index is 1.60. The van der Waals surface area contributed by atoms with Crippen LogP contribution in [0.4, 0.5) is 0 Å². The van der Waals surface area contributed by atoms with E-state index >= 15 is 0 Å².